The number of H-pyrrole nitrogens is 1. The number of hydrogen-bond acceptors (Lipinski definition) is 5. The van der Waals surface area contributed by atoms with Crippen LogP contribution < -0.4 is 22.5 Å². The van der Waals surface area contributed by atoms with Crippen LogP contribution in [0.4, 0.5) is 0 Å². The van der Waals surface area contributed by atoms with Crippen molar-refractivity contribution in [2.24, 2.45) is 5.84 Å². The zero-order valence-electron chi connectivity index (χ0n) is 10.1. The molecule has 2 aromatic rings. The number of hydrazine groups is 1. The van der Waals surface area contributed by atoms with Crippen LogP contribution in [0.1, 0.15) is 21.9 Å². The molecule has 4 N–H and O–H groups in total. The van der Waals surface area contributed by atoms with E-state index in [4.69, 9.17) is 10.3 Å². The number of nitrogens with one attached hydrogen (secondary N) is 2. The maximum absolute atomic E-state index is 11.5. The Morgan fingerprint density at radius 3 is 2.89 bits per heavy atom. The van der Waals surface area contributed by atoms with Gasteiger partial charge in [0.25, 0.3) is 11.5 Å². The molecule has 100 valence electrons. The fraction of sp³-hybridized carbons (Fsp3) is 0.182. The molecule has 0 spiro atoms. The minimum Gasteiger partial charge on any atom is -0.464 e. The molecule has 2 heterocycles. The minimum absolute atomic E-state index is 0.105. The van der Waals surface area contributed by atoms with Crippen LogP contribution in [0.2, 0.25) is 0 Å². The van der Waals surface area contributed by atoms with Crippen molar-refractivity contribution in [1.29, 1.82) is 0 Å². The predicted molar refractivity (Wildman–Crippen MR) is 65.5 cm³/mol. The topological polar surface area (TPSA) is 123 Å². The molecule has 2 rings (SSSR count). The first kappa shape index (κ1) is 12.8. The molecule has 0 bridgehead atoms. The molecule has 8 nitrogen and oxygen atoms in total. The quantitative estimate of drug-likeness (QED) is 0.376. The second kappa shape index (κ2) is 4.94. The Kier molecular flexibility index (Phi) is 3.34. The lowest BCUT2D eigenvalue weighted by Crippen LogP contribution is -2.30. The first-order chi connectivity index (χ1) is 9.01. The van der Waals surface area contributed by atoms with Crippen molar-refractivity contribution in [1.82, 2.24) is 15.0 Å². The molecule has 0 aromatic carbocycles. The molecule has 2 aromatic heterocycles. The van der Waals surface area contributed by atoms with E-state index in [2.05, 4.69) is 4.98 Å². The number of nitrogens with two attached hydrogens (primary N) is 1. The Hall–Kier alpha value is -2.61. The maximum Gasteiger partial charge on any atom is 0.328 e. The van der Waals surface area contributed by atoms with Gasteiger partial charge in [0, 0.05) is 12.3 Å². The third-order valence-electron chi connectivity index (χ3n) is 2.57. The highest BCUT2D eigenvalue weighted by Gasteiger charge is 2.14. The van der Waals surface area contributed by atoms with Crippen LogP contribution in [0.25, 0.3) is 0 Å². The van der Waals surface area contributed by atoms with Gasteiger partial charge >= 0.3 is 5.69 Å². The molecule has 0 atom stereocenters. The lowest BCUT2D eigenvalue weighted by atomic mass is 10.2. The predicted octanol–water partition coefficient (Wildman–Crippen LogP) is -0.910. The van der Waals surface area contributed by atoms with Gasteiger partial charge in [-0.05, 0) is 13.0 Å². The van der Waals surface area contributed by atoms with Gasteiger partial charge in [-0.3, -0.25) is 24.6 Å². The van der Waals surface area contributed by atoms with Gasteiger partial charge in [-0.1, -0.05) is 0 Å². The fourth-order valence-electron chi connectivity index (χ4n) is 1.66. The summed E-state index contributed by atoms with van der Waals surface area (Å²) >= 11 is 0. The molecular weight excluding hydrogens is 252 g/mol. The minimum atomic E-state index is -0.550. The smallest absolute Gasteiger partial charge is 0.328 e. The molecule has 0 aliphatic heterocycles. The first-order valence-electron chi connectivity index (χ1n) is 5.41. The summed E-state index contributed by atoms with van der Waals surface area (Å²) in [6.45, 7) is 1.72. The van der Waals surface area contributed by atoms with E-state index in [-0.39, 0.29) is 6.54 Å². The van der Waals surface area contributed by atoms with Crippen molar-refractivity contribution in [2.45, 2.75) is 13.5 Å². The van der Waals surface area contributed by atoms with Gasteiger partial charge in [0.2, 0.25) is 0 Å². The average Bonchev–Trinajstić information content (AvgIpc) is 2.73. The summed E-state index contributed by atoms with van der Waals surface area (Å²) in [6, 6.07) is 2.72. The SMILES string of the molecule is Cc1oc(Cn2ccc(=O)[nH]c2=O)cc1C(=O)NN. The molecule has 19 heavy (non-hydrogen) atoms. The third kappa shape index (κ3) is 2.63. The molecule has 0 fully saturated rings. The number of aromatic amines is 1. The average molecular weight is 264 g/mol. The highest BCUT2D eigenvalue weighted by molar-refractivity contribution is 5.94. The number of carbonyl (C=O) groups excluding carboxylic acids is 1. The molecular formula is C11H12N4O4. The summed E-state index contributed by atoms with van der Waals surface area (Å²) in [5, 5.41) is 0. The van der Waals surface area contributed by atoms with Crippen molar-refractivity contribution in [3.8, 4) is 0 Å². The first-order valence-corrected chi connectivity index (χ1v) is 5.41. The lowest BCUT2D eigenvalue weighted by Gasteiger charge is -2.00. The van der Waals surface area contributed by atoms with E-state index in [0.717, 1.165) is 0 Å². The third-order valence-corrected chi connectivity index (χ3v) is 2.57. The van der Waals surface area contributed by atoms with E-state index in [1.165, 1.54) is 22.9 Å². The Morgan fingerprint density at radius 2 is 2.26 bits per heavy atom. The molecule has 0 aliphatic rings. The highest BCUT2D eigenvalue weighted by atomic mass is 16.3. The molecule has 0 saturated carbocycles. The van der Waals surface area contributed by atoms with Gasteiger partial charge in [-0.15, -0.1) is 0 Å². The number of carbonyl (C=O) groups is 1. The van der Waals surface area contributed by atoms with Crippen LogP contribution in [0, 0.1) is 6.92 Å². The monoisotopic (exact) mass is 264 g/mol. The number of nitrogens with zero attached hydrogens (tertiary/aromatic N) is 1. The number of nitrogen functional groups attached to an aromatic ring is 1. The fourth-order valence-corrected chi connectivity index (χ4v) is 1.66. The van der Waals surface area contributed by atoms with Gasteiger partial charge < -0.3 is 4.42 Å². The van der Waals surface area contributed by atoms with E-state index >= 15 is 0 Å². The number of aryl methyl sites for hydroxylation is 1. The highest BCUT2D eigenvalue weighted by Crippen LogP contribution is 2.14. The lowest BCUT2D eigenvalue weighted by molar-refractivity contribution is 0.0952. The number of amides is 1. The van der Waals surface area contributed by atoms with Crippen LogP contribution in [-0.4, -0.2) is 15.5 Å². The molecule has 1 amide bonds. The largest absolute Gasteiger partial charge is 0.464 e. The van der Waals surface area contributed by atoms with Gasteiger partial charge in [0.1, 0.15) is 11.5 Å². The Labute approximate surface area is 106 Å². The van der Waals surface area contributed by atoms with Crippen molar-refractivity contribution in [3.63, 3.8) is 0 Å². The van der Waals surface area contributed by atoms with Gasteiger partial charge in [0.15, 0.2) is 0 Å². The van der Waals surface area contributed by atoms with Crippen molar-refractivity contribution in [3.05, 3.63) is 56.3 Å². The van der Waals surface area contributed by atoms with E-state index in [1.54, 1.807) is 6.92 Å². The summed E-state index contributed by atoms with van der Waals surface area (Å²) in [5.74, 6) is 5.37. The second-order valence-corrected chi connectivity index (χ2v) is 3.89. The Morgan fingerprint density at radius 1 is 1.53 bits per heavy atom. The van der Waals surface area contributed by atoms with E-state index in [1.807, 2.05) is 5.43 Å². The number of furan rings is 1. The molecule has 0 unspecified atom stereocenters. The van der Waals surface area contributed by atoms with Crippen LogP contribution in [-0.2, 0) is 6.54 Å². The van der Waals surface area contributed by atoms with Crippen LogP contribution >= 0.6 is 0 Å². The molecule has 0 radical (unpaired) electrons. The van der Waals surface area contributed by atoms with Crippen molar-refractivity contribution in [2.75, 3.05) is 0 Å². The Balaban J connectivity index is 2.32. The van der Waals surface area contributed by atoms with Crippen LogP contribution in [0.3, 0.4) is 0 Å². The van der Waals surface area contributed by atoms with Gasteiger partial charge in [-0.2, -0.15) is 0 Å². The van der Waals surface area contributed by atoms with Crippen LogP contribution in [0.5, 0.6) is 0 Å². The number of rotatable bonds is 3. The maximum atomic E-state index is 11.5. The number of aromatic nitrogens is 2. The standard InChI is InChI=1S/C11H12N4O4/c1-6-8(10(17)14-12)4-7(19-6)5-15-3-2-9(16)13-11(15)18/h2-4H,5,12H2,1H3,(H,14,17)(H,13,16,18). The summed E-state index contributed by atoms with van der Waals surface area (Å²) in [7, 11) is 0. The number of hydrogen-bond donors (Lipinski definition) is 3. The summed E-state index contributed by atoms with van der Waals surface area (Å²) < 4.78 is 6.61. The summed E-state index contributed by atoms with van der Waals surface area (Å²) in [4.78, 5) is 35.9. The summed E-state index contributed by atoms with van der Waals surface area (Å²) in [6.07, 6.45) is 1.35. The normalized spacial score (nSPS) is 10.4. The van der Waals surface area contributed by atoms with E-state index in [0.29, 0.717) is 17.1 Å². The molecule has 0 saturated heterocycles. The Bertz CT molecular complexity index is 725. The van der Waals surface area contributed by atoms with Gasteiger partial charge in [-0.25, -0.2) is 10.6 Å². The van der Waals surface area contributed by atoms with E-state index < -0.39 is 17.2 Å². The van der Waals surface area contributed by atoms with E-state index in [9.17, 15) is 14.4 Å². The zero-order valence-corrected chi connectivity index (χ0v) is 10.1. The molecule has 8 heteroatoms. The summed E-state index contributed by atoms with van der Waals surface area (Å²) in [5.41, 5.74) is 1.28. The van der Waals surface area contributed by atoms with Gasteiger partial charge in [0.05, 0.1) is 12.1 Å². The van der Waals surface area contributed by atoms with Crippen molar-refractivity contribution >= 4 is 5.91 Å². The second-order valence-electron chi connectivity index (χ2n) is 3.89. The zero-order chi connectivity index (χ0) is 14.0. The van der Waals surface area contributed by atoms with Crippen molar-refractivity contribution < 1.29 is 9.21 Å². The molecule has 0 aliphatic carbocycles. The van der Waals surface area contributed by atoms with Crippen LogP contribution in [0.15, 0.2) is 32.3 Å².